The Balaban J connectivity index is 1.85. The van der Waals surface area contributed by atoms with Gasteiger partial charge in [-0.15, -0.1) is 0 Å². The Morgan fingerprint density at radius 3 is 2.38 bits per heavy atom. The quantitative estimate of drug-likeness (QED) is 0.526. The van der Waals surface area contributed by atoms with Crippen LogP contribution in [0.25, 0.3) is 0 Å². The van der Waals surface area contributed by atoms with E-state index in [0.717, 1.165) is 17.1 Å². The van der Waals surface area contributed by atoms with E-state index in [9.17, 15) is 0 Å². The number of hydrogen-bond acceptors (Lipinski definition) is 3. The first-order valence-corrected chi connectivity index (χ1v) is 7.95. The van der Waals surface area contributed by atoms with Gasteiger partial charge in [-0.05, 0) is 18.2 Å². The number of methoxy groups -OCH3 is 1. The van der Waals surface area contributed by atoms with Gasteiger partial charge in [0.25, 0.3) is 0 Å². The molecule has 1 unspecified atom stereocenters. The highest BCUT2D eigenvalue weighted by Crippen LogP contribution is 2.28. The van der Waals surface area contributed by atoms with Crippen molar-refractivity contribution in [3.8, 4) is 11.5 Å². The molecule has 0 aliphatic carbocycles. The summed E-state index contributed by atoms with van der Waals surface area (Å²) in [7, 11) is 1.67. The van der Waals surface area contributed by atoms with Crippen LogP contribution in [0.15, 0.2) is 54.6 Å². The highest BCUT2D eigenvalue weighted by atomic mass is 79.9. The second-order valence-electron chi connectivity index (χ2n) is 4.42. The van der Waals surface area contributed by atoms with Crippen LogP contribution in [0.4, 0.5) is 0 Å². The van der Waals surface area contributed by atoms with Gasteiger partial charge in [-0.25, -0.2) is 0 Å². The van der Waals surface area contributed by atoms with Gasteiger partial charge in [0.15, 0.2) is 0 Å². The van der Waals surface area contributed by atoms with Gasteiger partial charge in [-0.3, -0.25) is 0 Å². The van der Waals surface area contributed by atoms with E-state index in [-0.39, 0.29) is 6.10 Å². The molecule has 3 nitrogen and oxygen atoms in total. The highest BCUT2D eigenvalue weighted by Gasteiger charge is 2.15. The molecule has 0 radical (unpaired) electrons. The molecule has 0 aliphatic rings. The fourth-order valence-corrected chi connectivity index (χ4v) is 2.55. The Hall–Kier alpha value is -1.52. The van der Waals surface area contributed by atoms with Crippen molar-refractivity contribution in [3.05, 3.63) is 60.2 Å². The summed E-state index contributed by atoms with van der Waals surface area (Å²) in [6.45, 7) is 1.03. The number of benzene rings is 2. The number of ether oxygens (including phenoxy) is 3. The molecule has 112 valence electrons. The van der Waals surface area contributed by atoms with Crippen LogP contribution in [0.5, 0.6) is 11.5 Å². The van der Waals surface area contributed by atoms with Crippen LogP contribution in [0.3, 0.4) is 0 Å². The topological polar surface area (TPSA) is 27.7 Å². The summed E-state index contributed by atoms with van der Waals surface area (Å²) >= 11 is 3.49. The summed E-state index contributed by atoms with van der Waals surface area (Å²) in [5.41, 5.74) is 1.04. The van der Waals surface area contributed by atoms with Gasteiger partial charge in [-0.1, -0.05) is 52.3 Å². The van der Waals surface area contributed by atoms with Gasteiger partial charge >= 0.3 is 0 Å². The maximum atomic E-state index is 5.89. The first-order chi connectivity index (χ1) is 10.3. The van der Waals surface area contributed by atoms with E-state index >= 15 is 0 Å². The molecule has 0 spiro atoms. The molecule has 0 fully saturated rings. The number of halogens is 1. The monoisotopic (exact) mass is 350 g/mol. The minimum Gasteiger partial charge on any atom is -0.496 e. The maximum absolute atomic E-state index is 5.89. The standard InChI is InChI=1S/C17H19BrO3/c1-19-16-10-6-5-9-15(16)17(13-18)21-12-11-20-14-7-3-2-4-8-14/h2-10,17H,11-13H2,1H3. The molecule has 0 saturated heterocycles. The molecule has 2 aromatic rings. The van der Waals surface area contributed by atoms with Gasteiger partial charge in [-0.2, -0.15) is 0 Å². The van der Waals surface area contributed by atoms with Crippen LogP contribution in [0.2, 0.25) is 0 Å². The zero-order chi connectivity index (χ0) is 14.9. The lowest BCUT2D eigenvalue weighted by molar-refractivity contribution is 0.0461. The lowest BCUT2D eigenvalue weighted by Gasteiger charge is -2.18. The predicted molar refractivity (Wildman–Crippen MR) is 87.4 cm³/mol. The van der Waals surface area contributed by atoms with Crippen LogP contribution in [-0.2, 0) is 4.74 Å². The molecule has 0 bridgehead atoms. The van der Waals surface area contributed by atoms with Crippen molar-refractivity contribution in [1.82, 2.24) is 0 Å². The van der Waals surface area contributed by atoms with Crippen molar-refractivity contribution in [2.45, 2.75) is 6.10 Å². The first kappa shape index (κ1) is 15.9. The van der Waals surface area contributed by atoms with Crippen LogP contribution in [0, 0.1) is 0 Å². The van der Waals surface area contributed by atoms with Gasteiger partial charge in [0, 0.05) is 10.9 Å². The zero-order valence-electron chi connectivity index (χ0n) is 12.0. The fraction of sp³-hybridized carbons (Fsp3) is 0.294. The molecule has 1 atom stereocenters. The third kappa shape index (κ3) is 4.76. The summed E-state index contributed by atoms with van der Waals surface area (Å²) in [6, 6.07) is 17.6. The van der Waals surface area contributed by atoms with Gasteiger partial charge < -0.3 is 14.2 Å². The molecular formula is C17H19BrO3. The molecule has 0 aliphatic heterocycles. The summed E-state index contributed by atoms with van der Waals surface area (Å²) in [5.74, 6) is 1.69. The van der Waals surface area contributed by atoms with Crippen molar-refractivity contribution >= 4 is 15.9 Å². The number of rotatable bonds is 8. The third-order valence-corrected chi connectivity index (χ3v) is 3.63. The average Bonchev–Trinajstić information content (AvgIpc) is 2.56. The number of alkyl halides is 1. The zero-order valence-corrected chi connectivity index (χ0v) is 13.6. The van der Waals surface area contributed by atoms with Crippen molar-refractivity contribution in [2.75, 3.05) is 25.7 Å². The second kappa shape index (κ2) is 8.70. The number of hydrogen-bond donors (Lipinski definition) is 0. The third-order valence-electron chi connectivity index (χ3n) is 3.04. The fourth-order valence-electron chi connectivity index (χ4n) is 2.02. The van der Waals surface area contributed by atoms with E-state index in [1.165, 1.54) is 0 Å². The molecule has 0 amide bonds. The van der Waals surface area contributed by atoms with Gasteiger partial charge in [0.05, 0.1) is 19.8 Å². The van der Waals surface area contributed by atoms with Gasteiger partial charge in [0.2, 0.25) is 0 Å². The lowest BCUT2D eigenvalue weighted by Crippen LogP contribution is -2.13. The molecule has 21 heavy (non-hydrogen) atoms. The van der Waals surface area contributed by atoms with E-state index in [2.05, 4.69) is 15.9 Å². The molecular weight excluding hydrogens is 332 g/mol. The van der Waals surface area contributed by atoms with Crippen molar-refractivity contribution in [1.29, 1.82) is 0 Å². The number of para-hydroxylation sites is 2. The Labute approximate surface area is 134 Å². The Morgan fingerprint density at radius 1 is 0.952 bits per heavy atom. The minimum atomic E-state index is -0.0551. The van der Waals surface area contributed by atoms with Crippen LogP contribution in [-0.4, -0.2) is 25.7 Å². The van der Waals surface area contributed by atoms with Crippen molar-refractivity contribution in [3.63, 3.8) is 0 Å². The maximum Gasteiger partial charge on any atom is 0.124 e. The Bertz CT molecular complexity index is 531. The summed E-state index contributed by atoms with van der Waals surface area (Å²) in [5, 5.41) is 0.707. The molecule has 0 saturated carbocycles. The highest BCUT2D eigenvalue weighted by molar-refractivity contribution is 9.09. The SMILES string of the molecule is COc1ccccc1C(CBr)OCCOc1ccccc1. The molecule has 0 aromatic heterocycles. The molecule has 4 heteroatoms. The summed E-state index contributed by atoms with van der Waals surface area (Å²) in [6.07, 6.45) is -0.0551. The van der Waals surface area contributed by atoms with Crippen molar-refractivity contribution in [2.24, 2.45) is 0 Å². The molecule has 0 heterocycles. The summed E-state index contributed by atoms with van der Waals surface area (Å²) < 4.78 is 16.9. The van der Waals surface area contributed by atoms with Crippen LogP contribution >= 0.6 is 15.9 Å². The largest absolute Gasteiger partial charge is 0.496 e. The van der Waals surface area contributed by atoms with Crippen LogP contribution in [0.1, 0.15) is 11.7 Å². The van der Waals surface area contributed by atoms with Crippen molar-refractivity contribution < 1.29 is 14.2 Å². The van der Waals surface area contributed by atoms with E-state index < -0.39 is 0 Å². The minimum absolute atomic E-state index is 0.0551. The molecule has 2 aromatic carbocycles. The predicted octanol–water partition coefficient (Wildman–Crippen LogP) is 4.23. The van der Waals surface area contributed by atoms with E-state index in [1.807, 2.05) is 54.6 Å². The Morgan fingerprint density at radius 2 is 1.67 bits per heavy atom. The van der Waals surface area contributed by atoms with E-state index in [4.69, 9.17) is 14.2 Å². The molecule has 2 rings (SSSR count). The Kier molecular flexibility index (Phi) is 6.57. The van der Waals surface area contributed by atoms with Crippen LogP contribution < -0.4 is 9.47 Å². The first-order valence-electron chi connectivity index (χ1n) is 6.83. The van der Waals surface area contributed by atoms with E-state index in [1.54, 1.807) is 7.11 Å². The normalized spacial score (nSPS) is 11.9. The lowest BCUT2D eigenvalue weighted by atomic mass is 10.1. The average molecular weight is 351 g/mol. The second-order valence-corrected chi connectivity index (χ2v) is 5.06. The van der Waals surface area contributed by atoms with Gasteiger partial charge in [0.1, 0.15) is 18.1 Å². The molecule has 0 N–H and O–H groups in total. The smallest absolute Gasteiger partial charge is 0.124 e. The van der Waals surface area contributed by atoms with E-state index in [0.29, 0.717) is 18.5 Å². The summed E-state index contributed by atoms with van der Waals surface area (Å²) in [4.78, 5) is 0.